The number of carbonyl (C=O) groups is 2. The quantitative estimate of drug-likeness (QED) is 0.144. The zero-order valence-electron chi connectivity index (χ0n) is 18.0. The number of Topliss-reactive ketones (excluding diaryl/α,β-unsaturated/α-hetero) is 1. The van der Waals surface area contributed by atoms with Crippen LogP contribution in [0.25, 0.3) is 10.1 Å². The molecular formula is C24H30IO4PS. The van der Waals surface area contributed by atoms with Gasteiger partial charge in [-0.1, -0.05) is 42.5 Å². The predicted octanol–water partition coefficient (Wildman–Crippen LogP) is 7.82. The molecule has 3 unspecified atom stereocenters. The van der Waals surface area contributed by atoms with Crippen LogP contribution < -0.4 is 0 Å². The van der Waals surface area contributed by atoms with Crippen molar-refractivity contribution in [1.29, 1.82) is 0 Å². The number of hydrogen-bond donors (Lipinski definition) is 1. The van der Waals surface area contributed by atoms with Crippen molar-refractivity contribution in [2.24, 2.45) is 5.92 Å². The molecule has 0 bridgehead atoms. The smallest absolute Gasteiger partial charge is 0.303 e. The molecule has 0 aliphatic heterocycles. The summed E-state index contributed by atoms with van der Waals surface area (Å²) in [5.41, 5.74) is -0.408. The van der Waals surface area contributed by atoms with Gasteiger partial charge in [-0.3, -0.25) is 9.59 Å². The van der Waals surface area contributed by atoms with Crippen molar-refractivity contribution in [3.05, 3.63) is 59.5 Å². The number of carboxylic acids is 1. The van der Waals surface area contributed by atoms with Crippen LogP contribution in [0.3, 0.4) is 0 Å². The number of benzene rings is 1. The maximum atomic E-state index is 11.4. The molecule has 0 amide bonds. The number of ketones is 1. The minimum Gasteiger partial charge on any atom is -0.481 e. The molecule has 31 heavy (non-hydrogen) atoms. The van der Waals surface area contributed by atoms with E-state index in [9.17, 15) is 9.59 Å². The van der Waals surface area contributed by atoms with E-state index in [0.717, 1.165) is 25.7 Å². The van der Waals surface area contributed by atoms with Crippen LogP contribution in [-0.4, -0.2) is 16.9 Å². The fourth-order valence-corrected chi connectivity index (χ4v) is 6.25. The van der Waals surface area contributed by atoms with Crippen molar-refractivity contribution in [2.45, 2.75) is 58.0 Å². The molecule has 3 atom stereocenters. The van der Waals surface area contributed by atoms with Crippen LogP contribution in [0, 0.1) is 5.92 Å². The Hall–Kier alpha value is -1.08. The van der Waals surface area contributed by atoms with Crippen LogP contribution in [0.15, 0.2) is 54.6 Å². The predicted molar refractivity (Wildman–Crippen MR) is 140 cm³/mol. The van der Waals surface area contributed by atoms with E-state index in [0.29, 0.717) is 24.6 Å². The van der Waals surface area contributed by atoms with Crippen LogP contribution in [0.2, 0.25) is 0 Å². The molecule has 1 heterocycles. The van der Waals surface area contributed by atoms with Gasteiger partial charge in [0.15, 0.2) is 0 Å². The van der Waals surface area contributed by atoms with Crippen molar-refractivity contribution >= 4 is 61.7 Å². The zero-order chi connectivity index (χ0) is 22.7. The lowest BCUT2D eigenvalue weighted by molar-refractivity contribution is -0.137. The number of fused-ring (bicyclic) bond motifs is 1. The monoisotopic (exact) mass is 572 g/mol. The fourth-order valence-electron chi connectivity index (χ4n) is 3.34. The number of aliphatic carboxylic acids is 1. The van der Waals surface area contributed by atoms with Gasteiger partial charge in [-0.2, -0.15) is 0 Å². The Morgan fingerprint density at radius 1 is 1.42 bits per heavy atom. The summed E-state index contributed by atoms with van der Waals surface area (Å²) in [5, 5.41) is 9.45. The minimum atomic E-state index is -0.709. The number of unbranched alkanes of at least 4 members (excludes halogenated alkanes) is 1. The van der Waals surface area contributed by atoms with E-state index < -0.39 is 11.6 Å². The summed E-state index contributed by atoms with van der Waals surface area (Å²) in [6.07, 6.45) is 12.6. The molecule has 0 radical (unpaired) electrons. The SMILES string of the molecule is C/C=C\CCCC(=O)O.CC(/C=C/C1CCC(=O)C1)(OPI)c1cc2ccccc2s1. The molecule has 1 aliphatic rings. The molecule has 1 saturated carbocycles. The first-order chi connectivity index (χ1) is 14.9. The van der Waals surface area contributed by atoms with Gasteiger partial charge in [0, 0.05) is 28.8 Å². The molecule has 168 valence electrons. The molecule has 1 aromatic carbocycles. The van der Waals surface area contributed by atoms with E-state index in [1.165, 1.54) is 15.0 Å². The second-order valence-electron chi connectivity index (χ2n) is 7.69. The third-order valence-electron chi connectivity index (χ3n) is 5.13. The molecule has 3 rings (SSSR count). The number of rotatable bonds is 9. The average molecular weight is 572 g/mol. The highest BCUT2D eigenvalue weighted by atomic mass is 127. The maximum absolute atomic E-state index is 11.4. The van der Waals surface area contributed by atoms with Crippen LogP contribution in [0.5, 0.6) is 0 Å². The molecule has 0 spiro atoms. The lowest BCUT2D eigenvalue weighted by Crippen LogP contribution is -2.18. The van der Waals surface area contributed by atoms with Crippen LogP contribution >= 0.6 is 39.8 Å². The van der Waals surface area contributed by atoms with E-state index in [1.807, 2.05) is 19.1 Å². The number of hydrogen-bond acceptors (Lipinski definition) is 4. The van der Waals surface area contributed by atoms with Crippen molar-refractivity contribution in [1.82, 2.24) is 0 Å². The van der Waals surface area contributed by atoms with Gasteiger partial charge < -0.3 is 9.63 Å². The number of halogens is 1. The molecule has 7 heteroatoms. The Morgan fingerprint density at radius 2 is 2.19 bits per heavy atom. The third kappa shape index (κ3) is 8.76. The van der Waals surface area contributed by atoms with E-state index >= 15 is 0 Å². The topological polar surface area (TPSA) is 63.6 Å². The highest BCUT2D eigenvalue weighted by molar-refractivity contribution is 14.2. The van der Waals surface area contributed by atoms with E-state index in [-0.39, 0.29) is 6.42 Å². The van der Waals surface area contributed by atoms with Crippen molar-refractivity contribution in [3.8, 4) is 0 Å². The van der Waals surface area contributed by atoms with Crippen molar-refractivity contribution < 1.29 is 19.2 Å². The average Bonchev–Trinajstić information content (AvgIpc) is 3.37. The third-order valence-corrected chi connectivity index (χ3v) is 7.63. The van der Waals surface area contributed by atoms with Gasteiger partial charge in [-0.15, -0.1) is 11.3 Å². The molecule has 2 aromatic rings. The van der Waals surface area contributed by atoms with E-state index in [2.05, 4.69) is 71.4 Å². The Morgan fingerprint density at radius 3 is 2.81 bits per heavy atom. The summed E-state index contributed by atoms with van der Waals surface area (Å²) in [4.78, 5) is 22.6. The fraction of sp³-hybridized carbons (Fsp3) is 0.417. The van der Waals surface area contributed by atoms with E-state index in [1.54, 1.807) is 11.3 Å². The largest absolute Gasteiger partial charge is 0.481 e. The molecule has 4 nitrogen and oxygen atoms in total. The lowest BCUT2D eigenvalue weighted by Gasteiger charge is -2.24. The van der Waals surface area contributed by atoms with E-state index in [4.69, 9.17) is 9.63 Å². The van der Waals surface area contributed by atoms with Gasteiger partial charge in [0.2, 0.25) is 0 Å². The standard InChI is InChI=1S/C17H18IO2PS.C7H12O2/c1-17(20-21-18,9-8-12-6-7-14(19)10-12)16-11-13-4-2-3-5-15(13)22-16;1-2-3-4-5-6-7(8)9/h2-5,8-9,11-12,21H,6-7,10H2,1H3;2-3H,4-6H2,1H3,(H,8,9)/b9-8+;3-2-. The summed E-state index contributed by atoms with van der Waals surface area (Å²) in [6, 6.07) is 10.6. The molecule has 0 saturated heterocycles. The Bertz CT molecular complexity index is 890. The number of carboxylic acid groups (broad SMARTS) is 1. The number of allylic oxidation sites excluding steroid dienone is 3. The van der Waals surface area contributed by atoms with Crippen molar-refractivity contribution in [3.63, 3.8) is 0 Å². The number of carbonyl (C=O) groups excluding carboxylic acids is 1. The Labute approximate surface area is 203 Å². The van der Waals surface area contributed by atoms with Crippen molar-refractivity contribution in [2.75, 3.05) is 0 Å². The van der Waals surface area contributed by atoms with Crippen LogP contribution in [0.1, 0.15) is 57.2 Å². The summed E-state index contributed by atoms with van der Waals surface area (Å²) in [6.45, 7) is 4.45. The van der Waals surface area contributed by atoms with Crippen LogP contribution in [0.4, 0.5) is 0 Å². The maximum Gasteiger partial charge on any atom is 0.303 e. The normalized spacial score (nSPS) is 18.8. The molecule has 1 aromatic heterocycles. The summed E-state index contributed by atoms with van der Waals surface area (Å²) >= 11 is 4.06. The van der Waals surface area contributed by atoms with Gasteiger partial charge >= 0.3 is 5.97 Å². The molecule has 1 N–H and O–H groups in total. The second kappa shape index (κ2) is 13.5. The zero-order valence-corrected chi connectivity index (χ0v) is 21.9. The summed E-state index contributed by atoms with van der Waals surface area (Å²) in [5.74, 6) is 0.0525. The highest BCUT2D eigenvalue weighted by Gasteiger charge is 2.28. The highest BCUT2D eigenvalue weighted by Crippen LogP contribution is 2.43. The van der Waals surface area contributed by atoms with Gasteiger partial charge in [0.1, 0.15) is 11.4 Å². The molecular weight excluding hydrogens is 542 g/mol. The van der Waals surface area contributed by atoms with Crippen LogP contribution in [-0.2, 0) is 19.7 Å². The summed E-state index contributed by atoms with van der Waals surface area (Å²) < 4.78 is 7.37. The second-order valence-corrected chi connectivity index (χ2v) is 10.5. The van der Waals surface area contributed by atoms with Gasteiger partial charge in [-0.25, -0.2) is 0 Å². The Balaban J connectivity index is 0.000000323. The number of thiophene rings is 1. The summed E-state index contributed by atoms with van der Waals surface area (Å²) in [7, 11) is 0. The lowest BCUT2D eigenvalue weighted by atomic mass is 9.99. The van der Waals surface area contributed by atoms with Gasteiger partial charge in [-0.05, 0) is 78.6 Å². The Kier molecular flexibility index (Phi) is 11.4. The molecule has 1 aliphatic carbocycles. The first-order valence-corrected chi connectivity index (χ1v) is 15.3. The minimum absolute atomic E-state index is 0.282. The van der Waals surface area contributed by atoms with Gasteiger partial charge in [0.25, 0.3) is 0 Å². The first kappa shape index (κ1) is 26.2. The molecule has 1 fully saturated rings. The first-order valence-electron chi connectivity index (χ1n) is 10.4. The van der Waals surface area contributed by atoms with Gasteiger partial charge in [0.05, 0.1) is 6.45 Å².